The van der Waals surface area contributed by atoms with Gasteiger partial charge in [0.05, 0.1) is 0 Å². The minimum Gasteiger partial charge on any atom is -0.483 e. The Morgan fingerprint density at radius 3 is 2.10 bits per heavy atom. The van der Waals surface area contributed by atoms with Crippen molar-refractivity contribution in [2.24, 2.45) is 0 Å². The van der Waals surface area contributed by atoms with E-state index in [1.807, 2.05) is 5.92 Å². The molecule has 0 bridgehead atoms. The number of ether oxygens (including phenoxy) is 1. The first-order chi connectivity index (χ1) is 14.3. The van der Waals surface area contributed by atoms with Crippen molar-refractivity contribution in [3.05, 3.63) is 88.3 Å². The first-order valence-electron chi connectivity index (χ1n) is 8.45. The summed E-state index contributed by atoms with van der Waals surface area (Å²) in [7, 11) is 0. The molecule has 0 radical (unpaired) electrons. The van der Waals surface area contributed by atoms with Gasteiger partial charge in [0.2, 0.25) is 11.6 Å². The summed E-state index contributed by atoms with van der Waals surface area (Å²) in [6.07, 6.45) is 2.89. The smallest absolute Gasteiger partial charge is 0.205 e. The summed E-state index contributed by atoms with van der Waals surface area (Å²) in [5, 5.41) is -0.305. The van der Waals surface area contributed by atoms with Gasteiger partial charge in [-0.3, -0.25) is 0 Å². The summed E-state index contributed by atoms with van der Waals surface area (Å²) >= 11 is 0. The van der Waals surface area contributed by atoms with Gasteiger partial charge in [-0.15, -0.1) is 0 Å². The SMILES string of the molecule is C/C=C/COc1c(F)c(F)c(C#Cc2ccc3c(F)c(F)c(F)cc3c2)c(F)c1F. The van der Waals surface area contributed by atoms with E-state index in [1.54, 1.807) is 6.92 Å². The van der Waals surface area contributed by atoms with E-state index >= 15 is 0 Å². The molecule has 0 N–H and O–H groups in total. The zero-order chi connectivity index (χ0) is 22.0. The molecule has 0 heterocycles. The molecule has 0 saturated carbocycles. The lowest BCUT2D eigenvalue weighted by atomic mass is 10.1. The van der Waals surface area contributed by atoms with E-state index in [0.29, 0.717) is 0 Å². The Bertz CT molecular complexity index is 1210. The third-order valence-corrected chi connectivity index (χ3v) is 4.09. The number of hydrogen-bond acceptors (Lipinski definition) is 1. The monoisotopic (exact) mass is 424 g/mol. The molecule has 0 fully saturated rings. The molecule has 0 unspecified atom stereocenters. The fraction of sp³-hybridized carbons (Fsp3) is 0.0909. The van der Waals surface area contributed by atoms with Gasteiger partial charge in [0.25, 0.3) is 0 Å². The van der Waals surface area contributed by atoms with Crippen molar-refractivity contribution < 1.29 is 35.5 Å². The lowest BCUT2D eigenvalue weighted by Gasteiger charge is -2.09. The first kappa shape index (κ1) is 21.2. The molecule has 0 saturated heterocycles. The van der Waals surface area contributed by atoms with E-state index in [9.17, 15) is 30.7 Å². The number of allylic oxidation sites excluding steroid dienone is 1. The van der Waals surface area contributed by atoms with Crippen molar-refractivity contribution >= 4 is 10.8 Å². The van der Waals surface area contributed by atoms with Crippen LogP contribution in [0.4, 0.5) is 30.7 Å². The predicted molar refractivity (Wildman–Crippen MR) is 96.4 cm³/mol. The molecule has 0 aliphatic heterocycles. The molecule has 3 aromatic carbocycles. The van der Waals surface area contributed by atoms with E-state index in [-0.39, 0.29) is 22.9 Å². The third-order valence-electron chi connectivity index (χ3n) is 4.09. The van der Waals surface area contributed by atoms with Gasteiger partial charge in [0.15, 0.2) is 34.8 Å². The summed E-state index contributed by atoms with van der Waals surface area (Å²) in [6.45, 7) is 1.31. The Morgan fingerprint density at radius 1 is 0.800 bits per heavy atom. The number of fused-ring (bicyclic) bond motifs is 1. The second-order valence-electron chi connectivity index (χ2n) is 6.01. The molecule has 0 aliphatic carbocycles. The van der Waals surface area contributed by atoms with Gasteiger partial charge in [0, 0.05) is 10.9 Å². The minimum absolute atomic E-state index is 0.0148. The minimum atomic E-state index is -1.75. The number of hydrogen-bond donors (Lipinski definition) is 0. The molecule has 8 heteroatoms. The van der Waals surface area contributed by atoms with Crippen LogP contribution in [0.3, 0.4) is 0 Å². The molecular formula is C22H11F7O. The largest absolute Gasteiger partial charge is 0.483 e. The van der Waals surface area contributed by atoms with Crippen molar-refractivity contribution in [2.45, 2.75) is 6.92 Å². The van der Waals surface area contributed by atoms with Gasteiger partial charge in [-0.05, 0) is 30.5 Å². The number of halogens is 7. The third kappa shape index (κ3) is 3.83. The topological polar surface area (TPSA) is 9.23 Å². The number of benzene rings is 3. The predicted octanol–water partition coefficient (Wildman–Crippen LogP) is 6.17. The van der Waals surface area contributed by atoms with Gasteiger partial charge >= 0.3 is 0 Å². The van der Waals surface area contributed by atoms with E-state index in [0.717, 1.165) is 18.2 Å². The lowest BCUT2D eigenvalue weighted by Crippen LogP contribution is -2.06. The van der Waals surface area contributed by atoms with Crippen LogP contribution in [-0.4, -0.2) is 6.61 Å². The standard InChI is InChI=1S/C22H11F7O/c1-2-3-8-30-22-20(28)17(25)14(18(26)21(22)29)7-5-11-4-6-13-12(9-11)10-15(23)19(27)16(13)24/h2-4,6,9-10H,8H2,1H3/b3-2+. The van der Waals surface area contributed by atoms with E-state index in [1.165, 1.54) is 18.2 Å². The van der Waals surface area contributed by atoms with Crippen molar-refractivity contribution in [3.63, 3.8) is 0 Å². The summed E-state index contributed by atoms with van der Waals surface area (Å²) in [6, 6.07) is 4.11. The second-order valence-corrected chi connectivity index (χ2v) is 6.01. The molecule has 0 atom stereocenters. The van der Waals surface area contributed by atoms with Gasteiger partial charge in [0.1, 0.15) is 12.2 Å². The zero-order valence-electron chi connectivity index (χ0n) is 15.2. The van der Waals surface area contributed by atoms with Crippen LogP contribution in [0.25, 0.3) is 10.8 Å². The fourth-order valence-corrected chi connectivity index (χ4v) is 2.59. The van der Waals surface area contributed by atoms with E-state index in [4.69, 9.17) is 4.74 Å². The highest BCUT2D eigenvalue weighted by atomic mass is 19.2. The Balaban J connectivity index is 2.05. The molecule has 30 heavy (non-hydrogen) atoms. The normalized spacial score (nSPS) is 11.1. The van der Waals surface area contributed by atoms with Crippen LogP contribution in [0, 0.1) is 52.6 Å². The van der Waals surface area contributed by atoms with Crippen molar-refractivity contribution in [2.75, 3.05) is 6.61 Å². The average molecular weight is 424 g/mol. The van der Waals surface area contributed by atoms with Crippen LogP contribution >= 0.6 is 0 Å². The Labute approximate surface area is 166 Å². The highest BCUT2D eigenvalue weighted by molar-refractivity contribution is 5.84. The Morgan fingerprint density at radius 2 is 1.47 bits per heavy atom. The van der Waals surface area contributed by atoms with Crippen LogP contribution in [0.1, 0.15) is 18.1 Å². The Hall–Kier alpha value is -3.47. The van der Waals surface area contributed by atoms with Crippen LogP contribution in [0.15, 0.2) is 36.4 Å². The maximum absolute atomic E-state index is 14.2. The fourth-order valence-electron chi connectivity index (χ4n) is 2.59. The first-order valence-corrected chi connectivity index (χ1v) is 8.45. The quantitative estimate of drug-likeness (QED) is 0.161. The Kier molecular flexibility index (Phi) is 6.01. The summed E-state index contributed by atoms with van der Waals surface area (Å²) < 4.78 is 102. The van der Waals surface area contributed by atoms with E-state index < -0.39 is 52.0 Å². The van der Waals surface area contributed by atoms with Crippen LogP contribution in [0.5, 0.6) is 5.75 Å². The van der Waals surface area contributed by atoms with Crippen LogP contribution in [-0.2, 0) is 0 Å². The average Bonchev–Trinajstić information content (AvgIpc) is 2.73. The molecule has 3 aromatic rings. The molecule has 154 valence electrons. The number of rotatable bonds is 3. The second kappa shape index (κ2) is 8.49. The maximum Gasteiger partial charge on any atom is 0.205 e. The van der Waals surface area contributed by atoms with Crippen LogP contribution < -0.4 is 4.74 Å². The highest BCUT2D eigenvalue weighted by Crippen LogP contribution is 2.30. The molecule has 0 aromatic heterocycles. The molecule has 1 nitrogen and oxygen atoms in total. The molecular weight excluding hydrogens is 413 g/mol. The van der Waals surface area contributed by atoms with Gasteiger partial charge in [-0.25, -0.2) is 22.0 Å². The molecule has 0 spiro atoms. The molecule has 0 amide bonds. The van der Waals surface area contributed by atoms with Crippen molar-refractivity contribution in [1.82, 2.24) is 0 Å². The zero-order valence-corrected chi connectivity index (χ0v) is 15.2. The summed E-state index contributed by atoms with van der Waals surface area (Å²) in [5.74, 6) is -8.47. The van der Waals surface area contributed by atoms with Crippen molar-refractivity contribution in [3.8, 4) is 17.6 Å². The lowest BCUT2D eigenvalue weighted by molar-refractivity contribution is 0.301. The summed E-state index contributed by atoms with van der Waals surface area (Å²) in [5.41, 5.74) is -1.17. The molecule has 0 aliphatic rings. The van der Waals surface area contributed by atoms with Crippen LogP contribution in [0.2, 0.25) is 0 Å². The maximum atomic E-state index is 14.2. The van der Waals surface area contributed by atoms with E-state index in [2.05, 4.69) is 5.92 Å². The van der Waals surface area contributed by atoms with Crippen molar-refractivity contribution in [1.29, 1.82) is 0 Å². The van der Waals surface area contributed by atoms with Gasteiger partial charge < -0.3 is 4.74 Å². The highest BCUT2D eigenvalue weighted by Gasteiger charge is 2.25. The van der Waals surface area contributed by atoms with Gasteiger partial charge in [-0.2, -0.15) is 8.78 Å². The van der Waals surface area contributed by atoms with Gasteiger partial charge in [-0.1, -0.05) is 30.1 Å². The molecule has 3 rings (SSSR count). The summed E-state index contributed by atoms with van der Waals surface area (Å²) in [4.78, 5) is 0.